The third kappa shape index (κ3) is 0.753. The van der Waals surface area contributed by atoms with Crippen molar-refractivity contribution < 1.29 is 19.3 Å². The van der Waals surface area contributed by atoms with Gasteiger partial charge >= 0.3 is 0 Å². The minimum Gasteiger partial charge on any atom is -0.366 e. The fourth-order valence-corrected chi connectivity index (χ4v) is 1.10. The summed E-state index contributed by atoms with van der Waals surface area (Å²) in [5.41, 5.74) is 0. The first kappa shape index (κ1) is 5.61. The fourth-order valence-electron chi connectivity index (χ4n) is 1.10. The van der Waals surface area contributed by atoms with E-state index in [0.29, 0.717) is 6.61 Å². The molecule has 0 aromatic heterocycles. The summed E-state index contributed by atoms with van der Waals surface area (Å²) in [5.74, 6) is 0. The molecular weight excluding hydrogens is 124 g/mol. The molecule has 2 fully saturated rings. The van der Waals surface area contributed by atoms with Crippen molar-refractivity contribution in [3.63, 3.8) is 0 Å². The normalized spacial score (nSPS) is 49.7. The highest BCUT2D eigenvalue weighted by atomic mass is 16.8. The van der Waals surface area contributed by atoms with Crippen LogP contribution in [-0.4, -0.2) is 37.0 Å². The molecule has 3 atom stereocenters. The van der Waals surface area contributed by atoms with Crippen LogP contribution in [0.25, 0.3) is 0 Å². The van der Waals surface area contributed by atoms with E-state index in [0.717, 1.165) is 0 Å². The van der Waals surface area contributed by atoms with E-state index in [1.54, 1.807) is 0 Å². The van der Waals surface area contributed by atoms with Crippen molar-refractivity contribution in [3.05, 3.63) is 0 Å². The number of aliphatic hydroxyl groups excluding tert-OH is 1. The van der Waals surface area contributed by atoms with Gasteiger partial charge in [-0.15, -0.1) is 0 Å². The molecule has 0 radical (unpaired) electrons. The highest BCUT2D eigenvalue weighted by molar-refractivity contribution is 4.81. The smallest absolute Gasteiger partial charge is 0.184 e. The van der Waals surface area contributed by atoms with E-state index < -0.39 is 6.29 Å². The quantitative estimate of drug-likeness (QED) is 0.463. The first-order valence-corrected chi connectivity index (χ1v) is 2.91. The predicted molar refractivity (Wildman–Crippen MR) is 26.6 cm³/mol. The second kappa shape index (κ2) is 1.91. The molecule has 0 bridgehead atoms. The molecule has 0 aromatic rings. The van der Waals surface area contributed by atoms with Crippen LogP contribution in [0.2, 0.25) is 0 Å². The van der Waals surface area contributed by atoms with Crippen molar-refractivity contribution in [1.82, 2.24) is 0 Å². The van der Waals surface area contributed by atoms with Crippen LogP contribution in [0.5, 0.6) is 0 Å². The monoisotopic (exact) mass is 132 g/mol. The summed E-state index contributed by atoms with van der Waals surface area (Å²) in [5, 5.41) is 8.97. The Morgan fingerprint density at radius 2 is 2.11 bits per heavy atom. The second-order valence-corrected chi connectivity index (χ2v) is 2.18. The summed E-state index contributed by atoms with van der Waals surface area (Å²) < 4.78 is 14.9. The maximum atomic E-state index is 8.97. The largest absolute Gasteiger partial charge is 0.366 e. The Hall–Kier alpha value is -0.160. The predicted octanol–water partition coefficient (Wildman–Crippen LogP) is -0.924. The number of ether oxygens (including phenoxy) is 3. The average Bonchev–Trinajstić information content (AvgIpc) is 2.35. The van der Waals surface area contributed by atoms with Crippen LogP contribution in [0.15, 0.2) is 0 Å². The van der Waals surface area contributed by atoms with Crippen LogP contribution in [0.3, 0.4) is 0 Å². The van der Waals surface area contributed by atoms with Gasteiger partial charge in [0.25, 0.3) is 0 Å². The number of fused-ring (bicyclic) bond motifs is 1. The van der Waals surface area contributed by atoms with E-state index in [9.17, 15) is 0 Å². The molecule has 4 heteroatoms. The molecule has 2 heterocycles. The first-order valence-electron chi connectivity index (χ1n) is 2.91. The standard InChI is InChI=1S/C5H8O4/c6-5-4-3(1-7-5)8-2-9-4/h3-6H,1-2H2/t3-,4-,5?/m0/s1. The van der Waals surface area contributed by atoms with Gasteiger partial charge in [-0.3, -0.25) is 0 Å². The van der Waals surface area contributed by atoms with Crippen molar-refractivity contribution in [2.24, 2.45) is 0 Å². The zero-order valence-electron chi connectivity index (χ0n) is 4.82. The molecule has 1 unspecified atom stereocenters. The van der Waals surface area contributed by atoms with E-state index >= 15 is 0 Å². The zero-order chi connectivity index (χ0) is 6.27. The van der Waals surface area contributed by atoms with Crippen LogP contribution in [-0.2, 0) is 14.2 Å². The maximum Gasteiger partial charge on any atom is 0.184 e. The Balaban J connectivity index is 2.07. The SMILES string of the molecule is OC1OC[C@@H]2OCO[C@H]12. The Morgan fingerprint density at radius 3 is 2.89 bits per heavy atom. The molecule has 0 amide bonds. The van der Waals surface area contributed by atoms with Gasteiger partial charge in [0.2, 0.25) is 0 Å². The minimum atomic E-state index is -0.780. The maximum absolute atomic E-state index is 8.97. The summed E-state index contributed by atoms with van der Waals surface area (Å²) in [6.07, 6.45) is -1.07. The molecule has 9 heavy (non-hydrogen) atoms. The number of hydrogen-bond acceptors (Lipinski definition) is 4. The molecule has 0 aromatic carbocycles. The van der Waals surface area contributed by atoms with Crippen LogP contribution in [0.4, 0.5) is 0 Å². The number of aliphatic hydroxyl groups is 1. The lowest BCUT2D eigenvalue weighted by Gasteiger charge is -2.06. The number of hydrogen-bond donors (Lipinski definition) is 1. The molecule has 2 aliphatic heterocycles. The Morgan fingerprint density at radius 1 is 1.22 bits per heavy atom. The zero-order valence-corrected chi connectivity index (χ0v) is 4.82. The molecule has 1 N–H and O–H groups in total. The Bertz CT molecular complexity index is 116. The summed E-state index contributed by atoms with van der Waals surface area (Å²) in [7, 11) is 0. The van der Waals surface area contributed by atoms with Crippen molar-refractivity contribution in [2.45, 2.75) is 18.5 Å². The Kier molecular flexibility index (Phi) is 1.19. The minimum absolute atomic E-state index is 0.0417. The third-order valence-electron chi connectivity index (χ3n) is 1.62. The van der Waals surface area contributed by atoms with Crippen LogP contribution >= 0.6 is 0 Å². The van der Waals surface area contributed by atoms with E-state index in [1.165, 1.54) is 0 Å². The van der Waals surface area contributed by atoms with Crippen LogP contribution in [0, 0.1) is 0 Å². The molecule has 2 saturated heterocycles. The van der Waals surface area contributed by atoms with Gasteiger partial charge in [0.15, 0.2) is 6.29 Å². The van der Waals surface area contributed by atoms with E-state index in [2.05, 4.69) is 0 Å². The summed E-state index contributed by atoms with van der Waals surface area (Å²) in [4.78, 5) is 0. The van der Waals surface area contributed by atoms with Crippen molar-refractivity contribution in [1.29, 1.82) is 0 Å². The van der Waals surface area contributed by atoms with Gasteiger partial charge in [-0.05, 0) is 0 Å². The van der Waals surface area contributed by atoms with Gasteiger partial charge in [-0.25, -0.2) is 0 Å². The Labute approximate surface area is 52.3 Å². The van der Waals surface area contributed by atoms with Gasteiger partial charge in [0.05, 0.1) is 6.61 Å². The van der Waals surface area contributed by atoms with E-state index in [1.807, 2.05) is 0 Å². The van der Waals surface area contributed by atoms with Crippen molar-refractivity contribution in [3.8, 4) is 0 Å². The molecule has 0 saturated carbocycles. The lowest BCUT2D eigenvalue weighted by molar-refractivity contribution is -0.133. The van der Waals surface area contributed by atoms with Gasteiger partial charge < -0.3 is 19.3 Å². The average molecular weight is 132 g/mol. The molecule has 2 aliphatic rings. The number of rotatable bonds is 0. The summed E-state index contributed by atoms with van der Waals surface area (Å²) in [6, 6.07) is 0. The van der Waals surface area contributed by atoms with Crippen LogP contribution in [0.1, 0.15) is 0 Å². The van der Waals surface area contributed by atoms with Crippen molar-refractivity contribution in [2.75, 3.05) is 13.4 Å². The molecule has 2 rings (SSSR count). The summed E-state index contributed by atoms with van der Waals surface area (Å²) in [6.45, 7) is 0.738. The molecule has 0 spiro atoms. The van der Waals surface area contributed by atoms with Gasteiger partial charge in [-0.2, -0.15) is 0 Å². The molecular formula is C5H8O4. The lowest BCUT2D eigenvalue weighted by atomic mass is 10.2. The topological polar surface area (TPSA) is 47.9 Å². The van der Waals surface area contributed by atoms with Gasteiger partial charge in [0, 0.05) is 0 Å². The van der Waals surface area contributed by atoms with Gasteiger partial charge in [-0.1, -0.05) is 0 Å². The van der Waals surface area contributed by atoms with Gasteiger partial charge in [0.1, 0.15) is 19.0 Å². The van der Waals surface area contributed by atoms with Crippen LogP contribution < -0.4 is 0 Å². The highest BCUT2D eigenvalue weighted by Crippen LogP contribution is 2.23. The highest BCUT2D eigenvalue weighted by Gasteiger charge is 2.41. The second-order valence-electron chi connectivity index (χ2n) is 2.18. The third-order valence-corrected chi connectivity index (χ3v) is 1.62. The van der Waals surface area contributed by atoms with Crippen molar-refractivity contribution >= 4 is 0 Å². The first-order chi connectivity index (χ1) is 4.38. The fraction of sp³-hybridized carbons (Fsp3) is 1.00. The molecule has 52 valence electrons. The van der Waals surface area contributed by atoms with E-state index in [4.69, 9.17) is 19.3 Å². The molecule has 0 aliphatic carbocycles. The lowest BCUT2D eigenvalue weighted by Crippen LogP contribution is -2.26. The molecule has 4 nitrogen and oxygen atoms in total. The van der Waals surface area contributed by atoms with E-state index in [-0.39, 0.29) is 19.0 Å². The summed E-state index contributed by atoms with van der Waals surface area (Å²) >= 11 is 0.